The van der Waals surface area contributed by atoms with Crippen molar-refractivity contribution >= 4 is 47.1 Å². The van der Waals surface area contributed by atoms with Gasteiger partial charge in [0.1, 0.15) is 35.0 Å². The molecule has 0 radical (unpaired) electrons. The molecule has 3 aromatic rings. The number of carbonyl (C=O) groups is 4. The summed E-state index contributed by atoms with van der Waals surface area (Å²) in [5.74, 6) is 0.124. The molecule has 2 saturated carbocycles. The van der Waals surface area contributed by atoms with Gasteiger partial charge in [-0.05, 0) is 89.2 Å². The number of anilines is 1. The molecule has 4 unspecified atom stereocenters. The molecule has 0 bridgehead atoms. The fourth-order valence-corrected chi connectivity index (χ4v) is 13.7. The number of nitrogens with one attached hydrogen (secondary N) is 3. The fourth-order valence-electron chi connectivity index (χ4n) is 13.7. The van der Waals surface area contributed by atoms with E-state index < -0.39 is 24.1 Å². The van der Waals surface area contributed by atoms with Crippen molar-refractivity contribution in [2.75, 3.05) is 5.32 Å². The van der Waals surface area contributed by atoms with Crippen molar-refractivity contribution in [1.29, 1.82) is 0 Å². The largest absolute Gasteiger partial charge is 0.458 e. The van der Waals surface area contributed by atoms with Crippen molar-refractivity contribution in [3.05, 3.63) is 88.8 Å². The Morgan fingerprint density at radius 1 is 0.530 bits per heavy atom. The number of amidine groups is 1. The first kappa shape index (κ1) is 66.9. The van der Waals surface area contributed by atoms with Crippen LogP contribution in [0, 0.1) is 57.2 Å². The highest BCUT2D eigenvalue weighted by atomic mass is 16.5. The van der Waals surface area contributed by atoms with Gasteiger partial charge in [0.05, 0.1) is 11.4 Å². The van der Waals surface area contributed by atoms with E-state index in [2.05, 4.69) is 126 Å². The number of carbonyl (C=O) groups excluding carboxylic acids is 4. The lowest BCUT2D eigenvalue weighted by Gasteiger charge is -2.50. The maximum absolute atomic E-state index is 15.8. The molecule has 0 spiro atoms. The highest BCUT2D eigenvalue weighted by Crippen LogP contribution is 2.52. The number of H-pyrrole nitrogens is 1. The number of esters is 2. The van der Waals surface area contributed by atoms with Crippen LogP contribution < -0.4 is 10.6 Å². The van der Waals surface area contributed by atoms with Gasteiger partial charge in [-0.2, -0.15) is 0 Å². The van der Waals surface area contributed by atoms with Crippen LogP contribution in [0.4, 0.5) is 5.82 Å². The van der Waals surface area contributed by atoms with Gasteiger partial charge in [-0.25, -0.2) is 14.6 Å². The van der Waals surface area contributed by atoms with Crippen molar-refractivity contribution < 1.29 is 28.7 Å². The van der Waals surface area contributed by atoms with Gasteiger partial charge in [0, 0.05) is 47.6 Å². The Morgan fingerprint density at radius 3 is 1.34 bits per heavy atom. The van der Waals surface area contributed by atoms with Crippen LogP contribution in [0.15, 0.2) is 76.9 Å². The summed E-state index contributed by atoms with van der Waals surface area (Å²) < 4.78 is 14.1. The van der Waals surface area contributed by atoms with E-state index in [9.17, 15) is 9.59 Å². The minimum atomic E-state index is -0.536. The van der Waals surface area contributed by atoms with Crippen molar-refractivity contribution in [3.8, 4) is 11.1 Å². The summed E-state index contributed by atoms with van der Waals surface area (Å²) >= 11 is 0. The molecule has 10 nitrogen and oxygen atoms in total. The molecule has 10 heteroatoms. The van der Waals surface area contributed by atoms with E-state index in [1.165, 1.54) is 38.5 Å². The van der Waals surface area contributed by atoms with Crippen LogP contribution >= 0.6 is 0 Å². The summed E-state index contributed by atoms with van der Waals surface area (Å²) in [4.78, 5) is 69.0. The van der Waals surface area contributed by atoms with Crippen LogP contribution in [0.5, 0.6) is 0 Å². The molecule has 3 aliphatic rings. The van der Waals surface area contributed by atoms with Crippen LogP contribution in [0.1, 0.15) is 261 Å². The van der Waals surface area contributed by atoms with E-state index >= 15 is 9.59 Å². The van der Waals surface area contributed by atoms with Gasteiger partial charge in [0.25, 0.3) is 0 Å². The number of rotatable bonds is 24. The quantitative estimate of drug-likeness (QED) is 0.0603. The zero-order chi connectivity index (χ0) is 60.9. The van der Waals surface area contributed by atoms with Gasteiger partial charge < -0.3 is 25.1 Å². The number of unbranched alkanes of at least 4 members (excludes halogenated alkanes) is 12. The standard InChI is InChI=1S/C73H110N4O6/c1-17-19-21-23-25-27-35-41-58(78)76-66-62(68(80)82-64-52(70(5,6)7)43-48(3)44-53(64)71(8,9)10)60(50-37-31-29-32-38-50)56(74-66)47-57-61(51-39-33-30-34-40-51)63(67(75-57)77-59(79)42-36-28-26-24-22-20-18-2)69(81)83-65-54(72(11,12)13)45-49(4)46-55(65)73(14,15)16/h29-34,37-40,47-49,52-55,64-65,74H,17-28,35-36,41-46H2,1-16H3,(H,76,78)(H,75,77,79). The Labute approximate surface area is 502 Å². The molecule has 458 valence electrons. The summed E-state index contributed by atoms with van der Waals surface area (Å²) in [6, 6.07) is 19.5. The molecular weight excluding hydrogens is 1030 g/mol. The highest BCUT2D eigenvalue weighted by Gasteiger charge is 2.50. The zero-order valence-electron chi connectivity index (χ0n) is 54.5. The number of hydrogen-bond acceptors (Lipinski definition) is 7. The smallest absolute Gasteiger partial charge is 0.342 e. The molecule has 2 aliphatic carbocycles. The lowest BCUT2D eigenvalue weighted by Crippen LogP contribution is -2.50. The monoisotopic (exact) mass is 1140 g/mol. The summed E-state index contributed by atoms with van der Waals surface area (Å²) in [5.41, 5.74) is 3.15. The Hall–Kier alpha value is -5.25. The molecule has 0 saturated heterocycles. The first-order valence-corrected chi connectivity index (χ1v) is 32.6. The molecule has 1 aliphatic heterocycles. The van der Waals surface area contributed by atoms with E-state index in [1.54, 1.807) is 0 Å². The number of nitrogens with zero attached hydrogens (tertiary/aromatic N) is 1. The van der Waals surface area contributed by atoms with Crippen LogP contribution in [0.25, 0.3) is 22.8 Å². The summed E-state index contributed by atoms with van der Waals surface area (Å²) in [7, 11) is 0. The van der Waals surface area contributed by atoms with Gasteiger partial charge in [0.15, 0.2) is 0 Å². The van der Waals surface area contributed by atoms with Gasteiger partial charge >= 0.3 is 11.9 Å². The van der Waals surface area contributed by atoms with E-state index in [4.69, 9.17) is 14.5 Å². The summed E-state index contributed by atoms with van der Waals surface area (Å²) in [6.45, 7) is 36.0. The number of aromatic amines is 1. The average molecular weight is 1140 g/mol. The fraction of sp³-hybridized carbons (Fsp3) is 0.658. The van der Waals surface area contributed by atoms with Crippen molar-refractivity contribution in [1.82, 2.24) is 10.3 Å². The third-order valence-corrected chi connectivity index (χ3v) is 18.5. The third kappa shape index (κ3) is 18.4. The Kier molecular flexibility index (Phi) is 23.9. The Morgan fingerprint density at radius 2 is 0.916 bits per heavy atom. The second-order valence-corrected chi connectivity index (χ2v) is 29.8. The topological polar surface area (TPSA) is 139 Å². The van der Waals surface area contributed by atoms with Gasteiger partial charge in [-0.15, -0.1) is 0 Å². The molecule has 83 heavy (non-hydrogen) atoms. The first-order valence-electron chi connectivity index (χ1n) is 32.6. The minimum absolute atomic E-state index is 0.0724. The Balaban J connectivity index is 1.57. The number of aliphatic imine (C=N–C) groups is 1. The average Bonchev–Trinajstić information content (AvgIpc) is 3.82. The van der Waals surface area contributed by atoms with Crippen LogP contribution in [-0.4, -0.2) is 46.8 Å². The molecule has 6 rings (SSSR count). The molecular formula is C73H110N4O6. The maximum atomic E-state index is 15.8. The first-order chi connectivity index (χ1) is 39.1. The predicted octanol–water partition coefficient (Wildman–Crippen LogP) is 19.2. The van der Waals surface area contributed by atoms with Gasteiger partial charge in [0.2, 0.25) is 11.8 Å². The molecule has 1 aromatic heterocycles. The van der Waals surface area contributed by atoms with E-state index in [1.807, 2.05) is 66.7 Å². The Bertz CT molecular complexity index is 2650. The van der Waals surface area contributed by atoms with Crippen molar-refractivity contribution in [3.63, 3.8) is 0 Å². The highest BCUT2D eigenvalue weighted by molar-refractivity contribution is 6.31. The van der Waals surface area contributed by atoms with Gasteiger partial charge in [-0.3, -0.25) is 9.59 Å². The minimum Gasteiger partial charge on any atom is -0.458 e. The second-order valence-electron chi connectivity index (χ2n) is 29.8. The van der Waals surface area contributed by atoms with Gasteiger partial charge in [-0.1, -0.05) is 248 Å². The van der Waals surface area contributed by atoms with E-state index in [-0.39, 0.29) is 86.4 Å². The van der Waals surface area contributed by atoms with E-state index in [0.29, 0.717) is 52.8 Å². The number of allylic oxidation sites excluding steroid dienone is 1. The molecule has 4 atom stereocenters. The van der Waals surface area contributed by atoms with Crippen LogP contribution in [0.3, 0.4) is 0 Å². The molecule has 2 heterocycles. The van der Waals surface area contributed by atoms with Crippen molar-refractivity contribution in [2.24, 2.45) is 62.2 Å². The predicted molar refractivity (Wildman–Crippen MR) is 345 cm³/mol. The second kappa shape index (κ2) is 29.7. The number of aromatic nitrogens is 1. The summed E-state index contributed by atoms with van der Waals surface area (Å²) in [6.07, 6.45) is 20.2. The van der Waals surface area contributed by atoms with Crippen molar-refractivity contribution in [2.45, 2.75) is 251 Å². The molecule has 2 amide bonds. The lowest BCUT2D eigenvalue weighted by atomic mass is 9.59. The maximum Gasteiger partial charge on any atom is 0.342 e. The number of ether oxygens (including phenoxy) is 2. The molecule has 2 aromatic carbocycles. The zero-order valence-corrected chi connectivity index (χ0v) is 54.5. The third-order valence-electron chi connectivity index (χ3n) is 18.5. The molecule has 3 N–H and O–H groups in total. The number of hydrogen-bond donors (Lipinski definition) is 3. The van der Waals surface area contributed by atoms with Crippen LogP contribution in [0.2, 0.25) is 0 Å². The van der Waals surface area contributed by atoms with Crippen LogP contribution in [-0.2, 0) is 23.9 Å². The normalized spacial score (nSPS) is 23.0. The van der Waals surface area contributed by atoms with E-state index in [0.717, 1.165) is 76.2 Å². The summed E-state index contributed by atoms with van der Waals surface area (Å²) in [5, 5.41) is 6.37. The molecule has 2 fully saturated rings. The number of benzene rings is 2. The SMILES string of the molecule is CCCCCCCCCC(=O)NC1=NC(=Cc2[nH]c(NC(=O)CCCCCCCCC)c(C(=O)OC3C(C(C)(C)C)CC(C)CC3C(C)(C)C)c2-c2ccccc2)C(c2ccccc2)=C1C(=O)OC1C(C(C)(C)C)CC(C)CC1C(C)(C)C. The number of amides is 2. The lowest BCUT2D eigenvalue weighted by molar-refractivity contribution is -0.164.